The Bertz CT molecular complexity index is 1050. The number of methoxy groups -OCH3 is 1. The Labute approximate surface area is 182 Å². The zero-order chi connectivity index (χ0) is 21.8. The molecule has 2 aliphatic rings. The van der Waals surface area contributed by atoms with Gasteiger partial charge in [-0.1, -0.05) is 18.2 Å². The van der Waals surface area contributed by atoms with Gasteiger partial charge in [0.15, 0.2) is 0 Å². The third-order valence-electron chi connectivity index (χ3n) is 5.62. The molecule has 0 spiro atoms. The Morgan fingerprint density at radius 2 is 1.87 bits per heavy atom. The van der Waals surface area contributed by atoms with Gasteiger partial charge in [-0.3, -0.25) is 4.99 Å². The summed E-state index contributed by atoms with van der Waals surface area (Å²) in [4.78, 5) is 25.4. The van der Waals surface area contributed by atoms with Crippen molar-refractivity contribution in [3.8, 4) is 11.1 Å². The minimum atomic E-state index is -0.433. The van der Waals surface area contributed by atoms with Crippen LogP contribution in [0.1, 0.15) is 23.8 Å². The maximum Gasteiger partial charge on any atom is 0.356 e. The first-order chi connectivity index (χ1) is 15.0. The Morgan fingerprint density at radius 1 is 1.13 bits per heavy atom. The van der Waals surface area contributed by atoms with Crippen LogP contribution in [0.3, 0.4) is 0 Å². The lowest BCUT2D eigenvalue weighted by Gasteiger charge is -2.38. The monoisotopic (exact) mass is 417 g/mol. The van der Waals surface area contributed by atoms with Crippen LogP contribution in [0, 0.1) is 5.41 Å². The largest absolute Gasteiger partial charge is 0.464 e. The highest BCUT2D eigenvalue weighted by Gasteiger charge is 2.23. The molecule has 0 aliphatic carbocycles. The number of nitrogens with one attached hydrogen (secondary N) is 1. The number of esters is 1. The number of hydrogen-bond donors (Lipinski definition) is 1. The standard InChI is InChI=1S/C24H27N5O2/c1-17(25)13-19-15-20(16-27-19)28-9-11-29(12-10-28)23-6-4-3-5-21(23)18-7-8-26-22(14-18)24(30)31-2/h3-8,14-15,25H,9-13,16H2,1-2H3. The number of pyridine rings is 1. The van der Waals surface area contributed by atoms with E-state index >= 15 is 0 Å². The van der Waals surface area contributed by atoms with Gasteiger partial charge < -0.3 is 19.9 Å². The third kappa shape index (κ3) is 4.66. The van der Waals surface area contributed by atoms with Gasteiger partial charge in [-0.25, -0.2) is 9.78 Å². The first-order valence-corrected chi connectivity index (χ1v) is 10.5. The predicted octanol–water partition coefficient (Wildman–Crippen LogP) is 3.43. The van der Waals surface area contributed by atoms with Crippen molar-refractivity contribution >= 4 is 23.1 Å². The average Bonchev–Trinajstić information content (AvgIpc) is 3.26. The number of ether oxygens (including phenoxy) is 1. The van der Waals surface area contributed by atoms with Gasteiger partial charge in [-0.15, -0.1) is 0 Å². The van der Waals surface area contributed by atoms with Crippen molar-refractivity contribution < 1.29 is 9.53 Å². The second-order valence-electron chi connectivity index (χ2n) is 7.81. The van der Waals surface area contributed by atoms with Crippen LogP contribution in [0.15, 0.2) is 59.4 Å². The van der Waals surface area contributed by atoms with Gasteiger partial charge in [-0.2, -0.15) is 0 Å². The van der Waals surface area contributed by atoms with Crippen LogP contribution >= 0.6 is 0 Å². The van der Waals surface area contributed by atoms with Crippen LogP contribution in [0.2, 0.25) is 0 Å². The van der Waals surface area contributed by atoms with Gasteiger partial charge in [0, 0.05) is 67.2 Å². The SMILES string of the molecule is COC(=O)c1cc(-c2ccccc2N2CCN(C3=CC(CC(C)=N)=NC3)CC2)ccn1. The van der Waals surface area contributed by atoms with E-state index in [1.165, 1.54) is 12.8 Å². The van der Waals surface area contributed by atoms with Crippen LogP contribution in [0.5, 0.6) is 0 Å². The molecule has 160 valence electrons. The summed E-state index contributed by atoms with van der Waals surface area (Å²) in [5.41, 5.74) is 6.40. The second kappa shape index (κ2) is 9.12. The average molecular weight is 418 g/mol. The highest BCUT2D eigenvalue weighted by molar-refractivity contribution is 6.09. The fourth-order valence-electron chi connectivity index (χ4n) is 4.08. The number of nitrogens with zero attached hydrogens (tertiary/aromatic N) is 4. The summed E-state index contributed by atoms with van der Waals surface area (Å²) >= 11 is 0. The number of aromatic nitrogens is 1. The fraction of sp³-hybridized carbons (Fsp3) is 0.333. The molecular weight excluding hydrogens is 390 g/mol. The predicted molar refractivity (Wildman–Crippen MR) is 123 cm³/mol. The number of benzene rings is 1. The molecule has 2 aromatic rings. The minimum absolute atomic E-state index is 0.309. The zero-order valence-corrected chi connectivity index (χ0v) is 18.0. The summed E-state index contributed by atoms with van der Waals surface area (Å²) < 4.78 is 4.82. The molecule has 1 aromatic heterocycles. The molecule has 0 saturated carbocycles. The normalized spacial score (nSPS) is 16.1. The number of carbonyl (C=O) groups excluding carboxylic acids is 1. The Balaban J connectivity index is 1.48. The molecule has 0 bridgehead atoms. The number of piperazine rings is 1. The smallest absolute Gasteiger partial charge is 0.356 e. The van der Waals surface area contributed by atoms with Crippen molar-refractivity contribution in [2.75, 3.05) is 44.7 Å². The summed E-state index contributed by atoms with van der Waals surface area (Å²) in [6.45, 7) is 6.20. The molecule has 1 aromatic carbocycles. The van der Waals surface area contributed by atoms with E-state index in [1.807, 2.05) is 25.1 Å². The molecule has 0 atom stereocenters. The summed E-state index contributed by atoms with van der Waals surface area (Å²) in [6.07, 6.45) is 4.43. The topological polar surface area (TPSA) is 81.9 Å². The van der Waals surface area contributed by atoms with E-state index in [-0.39, 0.29) is 0 Å². The number of aliphatic imine (C=N–C) groups is 1. The molecule has 1 saturated heterocycles. The van der Waals surface area contributed by atoms with Gasteiger partial charge in [0.25, 0.3) is 0 Å². The summed E-state index contributed by atoms with van der Waals surface area (Å²) in [6, 6.07) is 12.0. The first-order valence-electron chi connectivity index (χ1n) is 10.5. The lowest BCUT2D eigenvalue weighted by molar-refractivity contribution is 0.0594. The van der Waals surface area contributed by atoms with Crippen molar-refractivity contribution in [3.05, 3.63) is 60.1 Å². The Morgan fingerprint density at radius 3 is 2.61 bits per heavy atom. The minimum Gasteiger partial charge on any atom is -0.464 e. The molecule has 2 aliphatic heterocycles. The lowest BCUT2D eigenvalue weighted by atomic mass is 10.0. The molecule has 3 heterocycles. The second-order valence-corrected chi connectivity index (χ2v) is 7.81. The van der Waals surface area contributed by atoms with Gasteiger partial charge in [0.2, 0.25) is 0 Å². The number of para-hydroxylation sites is 1. The van der Waals surface area contributed by atoms with E-state index in [0.29, 0.717) is 24.4 Å². The molecule has 31 heavy (non-hydrogen) atoms. The lowest BCUT2D eigenvalue weighted by Crippen LogP contribution is -2.46. The Kier molecular flexibility index (Phi) is 6.11. The number of carbonyl (C=O) groups is 1. The van der Waals surface area contributed by atoms with Crippen molar-refractivity contribution in [2.24, 2.45) is 4.99 Å². The maximum atomic E-state index is 11.9. The van der Waals surface area contributed by atoms with Crippen molar-refractivity contribution in [2.45, 2.75) is 13.3 Å². The summed E-state index contributed by atoms with van der Waals surface area (Å²) in [5.74, 6) is -0.433. The fourth-order valence-corrected chi connectivity index (χ4v) is 4.08. The zero-order valence-electron chi connectivity index (χ0n) is 18.0. The number of hydrogen-bond acceptors (Lipinski definition) is 7. The van der Waals surface area contributed by atoms with E-state index in [2.05, 4.69) is 38.0 Å². The molecule has 7 nitrogen and oxygen atoms in total. The molecule has 0 radical (unpaired) electrons. The molecule has 0 unspecified atom stereocenters. The third-order valence-corrected chi connectivity index (χ3v) is 5.62. The van der Waals surface area contributed by atoms with Gasteiger partial charge >= 0.3 is 5.97 Å². The van der Waals surface area contributed by atoms with Crippen molar-refractivity contribution in [3.63, 3.8) is 0 Å². The van der Waals surface area contributed by atoms with Gasteiger partial charge in [0.1, 0.15) is 5.69 Å². The van der Waals surface area contributed by atoms with E-state index in [0.717, 1.165) is 48.7 Å². The molecule has 0 amide bonds. The molecule has 7 heteroatoms. The summed E-state index contributed by atoms with van der Waals surface area (Å²) in [7, 11) is 1.37. The Hall–Kier alpha value is -3.48. The van der Waals surface area contributed by atoms with Crippen LogP contribution in [-0.2, 0) is 4.74 Å². The highest BCUT2D eigenvalue weighted by atomic mass is 16.5. The van der Waals surface area contributed by atoms with Crippen molar-refractivity contribution in [1.82, 2.24) is 9.88 Å². The van der Waals surface area contributed by atoms with E-state index < -0.39 is 5.97 Å². The number of anilines is 1. The molecular formula is C24H27N5O2. The van der Waals surface area contributed by atoms with Gasteiger partial charge in [-0.05, 0) is 36.8 Å². The number of allylic oxidation sites excluding steroid dienone is 1. The van der Waals surface area contributed by atoms with E-state index in [4.69, 9.17) is 10.1 Å². The van der Waals surface area contributed by atoms with Crippen LogP contribution in [0.25, 0.3) is 11.1 Å². The molecule has 4 rings (SSSR count). The van der Waals surface area contributed by atoms with E-state index in [1.54, 1.807) is 12.3 Å². The van der Waals surface area contributed by atoms with E-state index in [9.17, 15) is 4.79 Å². The maximum absolute atomic E-state index is 11.9. The summed E-state index contributed by atoms with van der Waals surface area (Å²) in [5, 5.41) is 7.67. The molecule has 1 fully saturated rings. The van der Waals surface area contributed by atoms with Gasteiger partial charge in [0.05, 0.1) is 13.7 Å². The first kappa shape index (κ1) is 20.8. The quantitative estimate of drug-likeness (QED) is 0.575. The van der Waals surface area contributed by atoms with Crippen LogP contribution < -0.4 is 4.90 Å². The van der Waals surface area contributed by atoms with Crippen LogP contribution in [-0.4, -0.2) is 67.1 Å². The molecule has 1 N–H and O–H groups in total. The van der Waals surface area contributed by atoms with Crippen molar-refractivity contribution in [1.29, 1.82) is 5.41 Å². The highest BCUT2D eigenvalue weighted by Crippen LogP contribution is 2.32. The van der Waals surface area contributed by atoms with Crippen LogP contribution in [0.4, 0.5) is 5.69 Å². The number of rotatable bonds is 6.